The molecular formula is C26H24F5N5O2. The number of carbonyl (C=O) groups is 2. The molecule has 12 heteroatoms. The van der Waals surface area contributed by atoms with Crippen LogP contribution >= 0.6 is 0 Å². The number of hydrogen-bond acceptors (Lipinski definition) is 5. The number of halogens is 5. The van der Waals surface area contributed by atoms with E-state index in [0.717, 1.165) is 18.2 Å². The topological polar surface area (TPSA) is 88.1 Å². The van der Waals surface area contributed by atoms with Crippen LogP contribution in [0, 0.1) is 18.6 Å². The smallest absolute Gasteiger partial charge is 0.346 e. The van der Waals surface area contributed by atoms with E-state index in [1.807, 2.05) is 0 Å². The standard InChI is InChI=1S/C26H24F5N5O2/c1-15-32-14-19(25(38)33-13-17-4-2-7-22(35-17)26(29,30)31)24(34-15)16-8-10-36(11-9-16)23(37)12-18-20(27)5-3-6-21(18)28/h2-7,14,16H,8-13H2,1H3,(H,33,38). The monoisotopic (exact) mass is 533 g/mol. The summed E-state index contributed by atoms with van der Waals surface area (Å²) in [5, 5.41) is 2.57. The second kappa shape index (κ2) is 11.2. The number of alkyl halides is 3. The Morgan fingerprint density at radius 3 is 2.34 bits per heavy atom. The highest BCUT2D eigenvalue weighted by atomic mass is 19.4. The minimum atomic E-state index is -4.60. The molecule has 0 radical (unpaired) electrons. The van der Waals surface area contributed by atoms with Crippen molar-refractivity contribution < 1.29 is 31.5 Å². The van der Waals surface area contributed by atoms with Gasteiger partial charge in [-0.1, -0.05) is 12.1 Å². The zero-order chi connectivity index (χ0) is 27.4. The van der Waals surface area contributed by atoms with Crippen molar-refractivity contribution in [2.24, 2.45) is 0 Å². The van der Waals surface area contributed by atoms with Crippen molar-refractivity contribution in [3.63, 3.8) is 0 Å². The molecule has 200 valence electrons. The predicted octanol–water partition coefficient (Wildman–Crippen LogP) is 4.36. The highest BCUT2D eigenvalue weighted by Gasteiger charge is 2.32. The lowest BCUT2D eigenvalue weighted by atomic mass is 9.90. The molecule has 2 aromatic heterocycles. The van der Waals surface area contributed by atoms with Gasteiger partial charge in [-0.15, -0.1) is 0 Å². The third-order valence-corrected chi connectivity index (χ3v) is 6.33. The zero-order valence-corrected chi connectivity index (χ0v) is 20.4. The number of amides is 2. The van der Waals surface area contributed by atoms with Crippen LogP contribution in [0.1, 0.15) is 57.6 Å². The van der Waals surface area contributed by atoms with Crippen molar-refractivity contribution in [1.82, 2.24) is 25.2 Å². The van der Waals surface area contributed by atoms with E-state index in [-0.39, 0.29) is 29.3 Å². The summed E-state index contributed by atoms with van der Waals surface area (Å²) in [4.78, 5) is 39.2. The number of piperidine rings is 1. The fourth-order valence-corrected chi connectivity index (χ4v) is 4.34. The molecule has 2 amide bonds. The van der Waals surface area contributed by atoms with Crippen LogP contribution in [0.2, 0.25) is 0 Å². The first-order valence-corrected chi connectivity index (χ1v) is 11.9. The van der Waals surface area contributed by atoms with E-state index in [1.54, 1.807) is 6.92 Å². The minimum Gasteiger partial charge on any atom is -0.346 e. The summed E-state index contributed by atoms with van der Waals surface area (Å²) in [6.07, 6.45) is -2.72. The van der Waals surface area contributed by atoms with Crippen molar-refractivity contribution in [2.75, 3.05) is 13.1 Å². The van der Waals surface area contributed by atoms with Crippen LogP contribution in [0.25, 0.3) is 0 Å². The SMILES string of the molecule is Cc1ncc(C(=O)NCc2cccc(C(F)(F)F)n2)c(C2CCN(C(=O)Cc3c(F)cccc3F)CC2)n1. The van der Waals surface area contributed by atoms with Gasteiger partial charge < -0.3 is 10.2 Å². The van der Waals surface area contributed by atoms with E-state index >= 15 is 0 Å². The number of nitrogens with zero attached hydrogens (tertiary/aromatic N) is 4. The molecule has 1 aromatic carbocycles. The van der Waals surface area contributed by atoms with Gasteiger partial charge in [-0.05, 0) is 44.0 Å². The lowest BCUT2D eigenvalue weighted by Crippen LogP contribution is -2.39. The van der Waals surface area contributed by atoms with Crippen LogP contribution in [0.5, 0.6) is 0 Å². The predicted molar refractivity (Wildman–Crippen MR) is 126 cm³/mol. The first kappa shape index (κ1) is 27.1. The molecule has 4 rings (SSSR count). The Morgan fingerprint density at radius 2 is 1.68 bits per heavy atom. The maximum Gasteiger partial charge on any atom is 0.433 e. The van der Waals surface area contributed by atoms with Gasteiger partial charge in [-0.2, -0.15) is 13.2 Å². The molecule has 3 aromatic rings. The van der Waals surface area contributed by atoms with Crippen LogP contribution in [0.4, 0.5) is 22.0 Å². The molecule has 38 heavy (non-hydrogen) atoms. The third-order valence-electron chi connectivity index (χ3n) is 6.33. The molecule has 0 saturated carbocycles. The number of aromatic nitrogens is 3. The van der Waals surface area contributed by atoms with Crippen molar-refractivity contribution in [3.05, 3.63) is 88.3 Å². The first-order valence-electron chi connectivity index (χ1n) is 11.9. The molecule has 0 unspecified atom stereocenters. The lowest BCUT2D eigenvalue weighted by molar-refractivity contribution is -0.141. The number of aryl methyl sites for hydroxylation is 1. The van der Waals surface area contributed by atoms with Gasteiger partial charge in [0.1, 0.15) is 23.2 Å². The molecule has 0 bridgehead atoms. The van der Waals surface area contributed by atoms with Crippen molar-refractivity contribution >= 4 is 11.8 Å². The Balaban J connectivity index is 1.41. The third kappa shape index (κ3) is 6.29. The molecule has 0 atom stereocenters. The zero-order valence-electron chi connectivity index (χ0n) is 20.4. The Morgan fingerprint density at radius 1 is 1.03 bits per heavy atom. The summed E-state index contributed by atoms with van der Waals surface area (Å²) in [5.74, 6) is -2.28. The largest absolute Gasteiger partial charge is 0.433 e. The maximum absolute atomic E-state index is 13.9. The van der Waals surface area contributed by atoms with Crippen molar-refractivity contribution in [2.45, 2.75) is 44.8 Å². The highest BCUT2D eigenvalue weighted by molar-refractivity contribution is 5.95. The van der Waals surface area contributed by atoms with E-state index in [1.165, 1.54) is 29.3 Å². The number of nitrogens with one attached hydrogen (secondary N) is 1. The van der Waals surface area contributed by atoms with E-state index in [9.17, 15) is 31.5 Å². The minimum absolute atomic E-state index is 0.0425. The Hall–Kier alpha value is -3.96. The molecular weight excluding hydrogens is 509 g/mol. The van der Waals surface area contributed by atoms with Gasteiger partial charge in [0, 0.05) is 30.8 Å². The molecule has 1 fully saturated rings. The van der Waals surface area contributed by atoms with Crippen molar-refractivity contribution in [1.29, 1.82) is 0 Å². The number of benzene rings is 1. The summed E-state index contributed by atoms with van der Waals surface area (Å²) in [5.41, 5.74) is -0.635. The van der Waals surface area contributed by atoms with E-state index in [4.69, 9.17) is 0 Å². The molecule has 1 aliphatic rings. The molecule has 1 aliphatic heterocycles. The number of hydrogen-bond donors (Lipinski definition) is 1. The number of rotatable bonds is 6. The van der Waals surface area contributed by atoms with Gasteiger partial charge in [-0.3, -0.25) is 9.59 Å². The molecule has 7 nitrogen and oxygen atoms in total. The summed E-state index contributed by atoms with van der Waals surface area (Å²) < 4.78 is 66.7. The second-order valence-corrected chi connectivity index (χ2v) is 8.94. The van der Waals surface area contributed by atoms with Gasteiger partial charge >= 0.3 is 6.18 Å². The summed E-state index contributed by atoms with van der Waals surface area (Å²) in [7, 11) is 0. The molecule has 0 spiro atoms. The Kier molecular flexibility index (Phi) is 7.98. The van der Waals surface area contributed by atoms with E-state index in [0.29, 0.717) is 37.4 Å². The van der Waals surface area contributed by atoms with Gasteiger partial charge in [-0.25, -0.2) is 23.7 Å². The van der Waals surface area contributed by atoms with Crippen LogP contribution < -0.4 is 5.32 Å². The summed E-state index contributed by atoms with van der Waals surface area (Å²) >= 11 is 0. The lowest BCUT2D eigenvalue weighted by Gasteiger charge is -2.32. The van der Waals surface area contributed by atoms with E-state index < -0.39 is 41.7 Å². The van der Waals surface area contributed by atoms with Gasteiger partial charge in [0.15, 0.2) is 0 Å². The molecule has 1 N–H and O–H groups in total. The highest BCUT2D eigenvalue weighted by Crippen LogP contribution is 2.30. The van der Waals surface area contributed by atoms with Crippen molar-refractivity contribution in [3.8, 4) is 0 Å². The molecule has 0 aliphatic carbocycles. The number of likely N-dealkylation sites (tertiary alicyclic amines) is 1. The van der Waals surface area contributed by atoms with E-state index in [2.05, 4.69) is 20.3 Å². The molecule has 1 saturated heterocycles. The number of carbonyl (C=O) groups excluding carboxylic acids is 2. The maximum atomic E-state index is 13.9. The van der Waals surface area contributed by atoms with Crippen LogP contribution in [-0.4, -0.2) is 44.8 Å². The fourth-order valence-electron chi connectivity index (χ4n) is 4.34. The second-order valence-electron chi connectivity index (χ2n) is 8.94. The average Bonchev–Trinajstić information content (AvgIpc) is 2.89. The van der Waals surface area contributed by atoms with Crippen LogP contribution in [0.3, 0.4) is 0 Å². The first-order chi connectivity index (χ1) is 18.0. The van der Waals surface area contributed by atoms with Gasteiger partial charge in [0.05, 0.1) is 29.9 Å². The average molecular weight is 534 g/mol. The Labute approximate surface area is 215 Å². The fraction of sp³-hybridized carbons (Fsp3) is 0.346. The van der Waals surface area contributed by atoms with Crippen LogP contribution in [-0.2, 0) is 23.9 Å². The normalized spacial score (nSPS) is 14.4. The number of pyridine rings is 1. The molecule has 3 heterocycles. The Bertz CT molecular complexity index is 1320. The van der Waals surface area contributed by atoms with Crippen LogP contribution in [0.15, 0.2) is 42.6 Å². The summed E-state index contributed by atoms with van der Waals surface area (Å²) in [6.45, 7) is 2.05. The summed E-state index contributed by atoms with van der Waals surface area (Å²) in [6, 6.07) is 6.88. The van der Waals surface area contributed by atoms with Gasteiger partial charge in [0.25, 0.3) is 5.91 Å². The van der Waals surface area contributed by atoms with Gasteiger partial charge in [0.2, 0.25) is 5.91 Å². The quantitative estimate of drug-likeness (QED) is 0.476.